The van der Waals surface area contributed by atoms with Gasteiger partial charge in [-0.2, -0.15) is 5.10 Å². The number of fused-ring (bicyclic) bond motifs is 1. The minimum atomic E-state index is -3.69. The minimum Gasteiger partial charge on any atom is -0.497 e. The maximum atomic E-state index is 12.9. The molecule has 1 aromatic heterocycles. The van der Waals surface area contributed by atoms with Crippen LogP contribution in [-0.4, -0.2) is 68.3 Å². The molecule has 0 unspecified atom stereocenters. The van der Waals surface area contributed by atoms with Crippen molar-refractivity contribution in [2.75, 3.05) is 43.0 Å². The molecule has 1 fully saturated rings. The molecule has 35 heavy (non-hydrogen) atoms. The normalized spacial score (nSPS) is 19.2. The Morgan fingerprint density at radius 1 is 1.14 bits per heavy atom. The lowest BCUT2D eigenvalue weighted by Gasteiger charge is -2.35. The van der Waals surface area contributed by atoms with E-state index in [-0.39, 0.29) is 24.6 Å². The molecule has 0 amide bonds. The summed E-state index contributed by atoms with van der Waals surface area (Å²) in [5.74, 6) is 0.955. The predicted octanol–water partition coefficient (Wildman–Crippen LogP) is 3.36. The van der Waals surface area contributed by atoms with Gasteiger partial charge in [-0.1, -0.05) is 23.7 Å². The Kier molecular flexibility index (Phi) is 7.46. The van der Waals surface area contributed by atoms with E-state index in [0.29, 0.717) is 33.9 Å². The van der Waals surface area contributed by atoms with E-state index in [4.69, 9.17) is 31.9 Å². The summed E-state index contributed by atoms with van der Waals surface area (Å²) >= 11 is 6.60. The van der Waals surface area contributed by atoms with Gasteiger partial charge in [0.15, 0.2) is 5.82 Å². The van der Waals surface area contributed by atoms with Gasteiger partial charge >= 0.3 is 0 Å². The fraction of sp³-hybridized carbons (Fsp3) is 0.458. The van der Waals surface area contributed by atoms with Gasteiger partial charge in [-0.15, -0.1) is 0 Å². The van der Waals surface area contributed by atoms with Crippen LogP contribution in [0, 0.1) is 0 Å². The maximum Gasteiger partial charge on any atom is 0.233 e. The zero-order valence-corrected chi connectivity index (χ0v) is 22.0. The number of sulfonamides is 1. The molecule has 11 heteroatoms. The van der Waals surface area contributed by atoms with E-state index in [9.17, 15) is 8.42 Å². The van der Waals surface area contributed by atoms with Gasteiger partial charge in [-0.05, 0) is 43.7 Å². The van der Waals surface area contributed by atoms with Crippen LogP contribution in [0.25, 0.3) is 10.9 Å². The Bertz CT molecular complexity index is 1290. The van der Waals surface area contributed by atoms with Gasteiger partial charge < -0.3 is 15.2 Å². The Balaban J connectivity index is 1.73. The molecule has 3 aromatic rings. The topological polar surface area (TPSA) is 103 Å². The van der Waals surface area contributed by atoms with E-state index < -0.39 is 10.0 Å². The van der Waals surface area contributed by atoms with E-state index in [1.165, 1.54) is 4.31 Å². The van der Waals surface area contributed by atoms with Gasteiger partial charge in [0.1, 0.15) is 5.75 Å². The quantitative estimate of drug-likeness (QED) is 0.453. The molecule has 1 aliphatic heterocycles. The van der Waals surface area contributed by atoms with Gasteiger partial charge in [-0.25, -0.2) is 12.7 Å². The molecular weight excluding hydrogens is 490 g/mol. The van der Waals surface area contributed by atoms with E-state index in [2.05, 4.69) is 18.7 Å². The highest BCUT2D eigenvalue weighted by atomic mass is 35.5. The molecule has 9 nitrogen and oxygen atoms in total. The number of anilines is 2. The highest BCUT2D eigenvalue weighted by Gasteiger charge is 2.28. The van der Waals surface area contributed by atoms with Gasteiger partial charge in [0.25, 0.3) is 0 Å². The largest absolute Gasteiger partial charge is 0.497 e. The third kappa shape index (κ3) is 5.66. The molecule has 2 heterocycles. The second-order valence-corrected chi connectivity index (χ2v) is 11.4. The standard InChI is InChI=1S/C24H32ClN5O4S/c1-16-13-28(14-17(2)34-16)11-12-29-23-21(26)10-9-20(25)22(23)24(27-29)30(35(4,31)32)15-18-5-7-19(33-3)8-6-18/h5-10,16-17H,11-15,26H2,1-4H3/t16-,17+. The molecule has 190 valence electrons. The molecule has 1 saturated heterocycles. The number of nitrogen functional groups attached to an aromatic ring is 1. The van der Waals surface area contributed by atoms with Crippen LogP contribution in [0.3, 0.4) is 0 Å². The van der Waals surface area contributed by atoms with E-state index >= 15 is 0 Å². The predicted molar refractivity (Wildman–Crippen MR) is 140 cm³/mol. The first-order valence-corrected chi connectivity index (χ1v) is 13.7. The number of nitrogens with zero attached hydrogens (tertiary/aromatic N) is 4. The molecule has 0 saturated carbocycles. The summed E-state index contributed by atoms with van der Waals surface area (Å²) in [6, 6.07) is 10.6. The summed E-state index contributed by atoms with van der Waals surface area (Å²) in [5.41, 5.74) is 8.26. The van der Waals surface area contributed by atoms with Crippen molar-refractivity contribution in [3.05, 3.63) is 47.0 Å². The first kappa shape index (κ1) is 25.6. The number of methoxy groups -OCH3 is 1. The number of halogens is 1. The summed E-state index contributed by atoms with van der Waals surface area (Å²) in [5, 5.41) is 5.66. The van der Waals surface area contributed by atoms with E-state index in [0.717, 1.165) is 31.5 Å². The number of nitrogens with two attached hydrogens (primary N) is 1. The molecule has 2 atom stereocenters. The lowest BCUT2D eigenvalue weighted by atomic mass is 10.2. The van der Waals surface area contributed by atoms with Crippen molar-refractivity contribution < 1.29 is 17.9 Å². The number of hydrogen-bond donors (Lipinski definition) is 1. The zero-order chi connectivity index (χ0) is 25.3. The minimum absolute atomic E-state index is 0.0958. The highest BCUT2D eigenvalue weighted by Crippen LogP contribution is 2.37. The molecule has 0 radical (unpaired) electrons. The SMILES string of the molecule is COc1ccc(CN(c2nn(CCN3C[C@@H](C)O[C@@H](C)C3)c3c(N)ccc(Cl)c23)S(C)(=O)=O)cc1. The molecule has 2 N–H and O–H groups in total. The van der Waals surface area contributed by atoms with Crippen molar-refractivity contribution in [1.82, 2.24) is 14.7 Å². The van der Waals surface area contributed by atoms with Crippen molar-refractivity contribution in [2.24, 2.45) is 0 Å². The van der Waals surface area contributed by atoms with Crippen LogP contribution in [0.2, 0.25) is 5.02 Å². The molecule has 0 aliphatic carbocycles. The third-order valence-corrected chi connectivity index (χ3v) is 7.52. The van der Waals surface area contributed by atoms with Crippen molar-refractivity contribution in [1.29, 1.82) is 0 Å². The van der Waals surface area contributed by atoms with Crippen LogP contribution in [0.15, 0.2) is 36.4 Å². The molecule has 0 bridgehead atoms. The molecule has 1 aliphatic rings. The van der Waals surface area contributed by atoms with Crippen molar-refractivity contribution in [2.45, 2.75) is 39.1 Å². The van der Waals surface area contributed by atoms with Crippen LogP contribution < -0.4 is 14.8 Å². The lowest BCUT2D eigenvalue weighted by Crippen LogP contribution is -2.46. The Morgan fingerprint density at radius 3 is 2.40 bits per heavy atom. The molecule has 2 aromatic carbocycles. The van der Waals surface area contributed by atoms with E-state index in [1.807, 2.05) is 12.1 Å². The fourth-order valence-corrected chi connectivity index (χ4v) is 5.64. The summed E-state index contributed by atoms with van der Waals surface area (Å²) < 4.78 is 40.0. The Hall–Kier alpha value is -2.53. The van der Waals surface area contributed by atoms with Crippen LogP contribution in [0.1, 0.15) is 19.4 Å². The number of aromatic nitrogens is 2. The third-order valence-electron chi connectivity index (χ3n) is 6.10. The van der Waals surface area contributed by atoms with Gasteiger partial charge in [0.2, 0.25) is 10.0 Å². The lowest BCUT2D eigenvalue weighted by molar-refractivity contribution is -0.0686. The first-order valence-electron chi connectivity index (χ1n) is 11.5. The van der Waals surface area contributed by atoms with Gasteiger partial charge in [0.05, 0.1) is 60.3 Å². The number of ether oxygens (including phenoxy) is 2. The van der Waals surface area contributed by atoms with E-state index in [1.54, 1.807) is 36.1 Å². The monoisotopic (exact) mass is 521 g/mol. The van der Waals surface area contributed by atoms with Gasteiger partial charge in [-0.3, -0.25) is 9.58 Å². The summed E-state index contributed by atoms with van der Waals surface area (Å²) in [4.78, 5) is 2.32. The number of rotatable bonds is 8. The first-order chi connectivity index (χ1) is 16.6. The number of benzene rings is 2. The van der Waals surface area contributed by atoms with Crippen LogP contribution in [0.4, 0.5) is 11.5 Å². The second kappa shape index (κ2) is 10.2. The number of morpholine rings is 1. The van der Waals surface area contributed by atoms with Crippen LogP contribution >= 0.6 is 11.6 Å². The number of hydrogen-bond acceptors (Lipinski definition) is 7. The average Bonchev–Trinajstić information content (AvgIpc) is 3.18. The zero-order valence-electron chi connectivity index (χ0n) is 20.4. The Labute approximate surface area is 211 Å². The summed E-state index contributed by atoms with van der Waals surface area (Å²) in [6.07, 6.45) is 1.46. The highest BCUT2D eigenvalue weighted by molar-refractivity contribution is 7.92. The smallest absolute Gasteiger partial charge is 0.233 e. The molecular formula is C24H32ClN5O4S. The second-order valence-electron chi connectivity index (χ2n) is 9.04. The summed E-state index contributed by atoms with van der Waals surface area (Å²) in [7, 11) is -2.11. The Morgan fingerprint density at radius 2 is 1.80 bits per heavy atom. The summed E-state index contributed by atoms with van der Waals surface area (Å²) in [6.45, 7) is 7.10. The van der Waals surface area contributed by atoms with Crippen molar-refractivity contribution in [3.63, 3.8) is 0 Å². The van der Waals surface area contributed by atoms with Crippen molar-refractivity contribution in [3.8, 4) is 5.75 Å². The molecule has 0 spiro atoms. The van der Waals surface area contributed by atoms with Gasteiger partial charge in [0, 0.05) is 19.6 Å². The fourth-order valence-electron chi connectivity index (χ4n) is 4.57. The average molecular weight is 522 g/mol. The van der Waals surface area contributed by atoms with Crippen molar-refractivity contribution >= 4 is 44.0 Å². The van der Waals surface area contributed by atoms with Crippen LogP contribution in [0.5, 0.6) is 5.75 Å². The molecule has 4 rings (SSSR count). The maximum absolute atomic E-state index is 12.9. The van der Waals surface area contributed by atoms with Crippen LogP contribution in [-0.2, 0) is 27.8 Å².